The smallest absolute Gasteiger partial charge is 0.247 e. The van der Waals surface area contributed by atoms with Crippen molar-refractivity contribution in [2.45, 2.75) is 31.5 Å². The van der Waals surface area contributed by atoms with Crippen molar-refractivity contribution < 1.29 is 23.9 Å². The number of halogens is 3. The van der Waals surface area contributed by atoms with E-state index < -0.39 is 27.7 Å². The second-order valence-corrected chi connectivity index (χ2v) is 5.43. The molecule has 3 unspecified atom stereocenters. The van der Waals surface area contributed by atoms with E-state index in [1.54, 1.807) is 0 Å². The highest BCUT2D eigenvalue weighted by Gasteiger charge is 2.36. The topological polar surface area (TPSA) is 69.7 Å². The van der Waals surface area contributed by atoms with Gasteiger partial charge in [-0.25, -0.2) is 0 Å². The zero-order chi connectivity index (χ0) is 14.4. The second kappa shape index (κ2) is 8.17. The van der Waals surface area contributed by atoms with Crippen LogP contribution in [-0.4, -0.2) is 41.1 Å². The van der Waals surface area contributed by atoms with Crippen molar-refractivity contribution in [3.63, 3.8) is 0 Å². The van der Waals surface area contributed by atoms with Crippen LogP contribution in [0.2, 0.25) is 0 Å². The van der Waals surface area contributed by atoms with E-state index in [0.29, 0.717) is 19.3 Å². The summed E-state index contributed by atoms with van der Waals surface area (Å²) in [5, 5.41) is -1.79. The molecule has 0 aromatic heterocycles. The molecule has 0 amide bonds. The van der Waals surface area contributed by atoms with Crippen LogP contribution in [0, 0.1) is 5.92 Å². The number of hydrogen-bond donors (Lipinski definition) is 0. The van der Waals surface area contributed by atoms with Crippen molar-refractivity contribution in [1.29, 1.82) is 0 Å². The van der Waals surface area contributed by atoms with Gasteiger partial charge in [0.15, 0.2) is 0 Å². The van der Waals surface area contributed by atoms with E-state index in [0.717, 1.165) is 0 Å². The van der Waals surface area contributed by atoms with Crippen LogP contribution >= 0.6 is 34.8 Å². The summed E-state index contributed by atoms with van der Waals surface area (Å²) in [5.74, 6) is -0.582. The highest BCUT2D eigenvalue weighted by Crippen LogP contribution is 2.30. The normalized spacial score (nSPS) is 27.0. The van der Waals surface area contributed by atoms with Crippen molar-refractivity contribution in [1.82, 2.24) is 0 Å². The summed E-state index contributed by atoms with van der Waals surface area (Å²) in [6.45, 7) is -0.473. The first-order chi connectivity index (χ1) is 8.90. The van der Waals surface area contributed by atoms with Crippen LogP contribution in [0.4, 0.5) is 0 Å². The van der Waals surface area contributed by atoms with E-state index >= 15 is 0 Å². The summed E-state index contributed by atoms with van der Waals surface area (Å²) in [6.07, 6.45) is 0.676. The summed E-state index contributed by atoms with van der Waals surface area (Å²) < 4.78 is 10.5. The molecule has 0 heterocycles. The fourth-order valence-electron chi connectivity index (χ4n) is 2.05. The highest BCUT2D eigenvalue weighted by atomic mass is 35.5. The monoisotopic (exact) mass is 330 g/mol. The molecule has 0 spiro atoms. The van der Waals surface area contributed by atoms with E-state index in [1.807, 2.05) is 0 Å². The maximum atomic E-state index is 11.4. The van der Waals surface area contributed by atoms with Crippen LogP contribution in [0.1, 0.15) is 19.3 Å². The first-order valence-electron chi connectivity index (χ1n) is 5.69. The molecule has 0 bridgehead atoms. The van der Waals surface area contributed by atoms with E-state index in [-0.39, 0.29) is 19.3 Å². The van der Waals surface area contributed by atoms with Crippen LogP contribution in [0.25, 0.3) is 0 Å². The van der Waals surface area contributed by atoms with E-state index in [1.165, 1.54) is 0 Å². The van der Waals surface area contributed by atoms with Crippen LogP contribution in [0.5, 0.6) is 0 Å². The van der Waals surface area contributed by atoms with Gasteiger partial charge in [0.1, 0.15) is 13.2 Å². The number of ether oxygens (including phenoxy) is 2. The van der Waals surface area contributed by atoms with Crippen molar-refractivity contribution >= 4 is 50.5 Å². The first kappa shape index (κ1) is 16.9. The summed E-state index contributed by atoms with van der Waals surface area (Å²) in [6, 6.07) is 0. The third kappa shape index (κ3) is 6.19. The lowest BCUT2D eigenvalue weighted by Crippen LogP contribution is -2.39. The Balaban J connectivity index is 2.52. The Hall–Kier alpha value is -0.200. The lowest BCUT2D eigenvalue weighted by molar-refractivity contribution is -0.134. The quantitative estimate of drug-likeness (QED) is 0.666. The molecule has 1 aliphatic rings. The molecule has 0 aliphatic heterocycles. The molecule has 1 aliphatic carbocycles. The van der Waals surface area contributed by atoms with Crippen LogP contribution in [-0.2, 0) is 23.9 Å². The molecule has 3 atom stereocenters. The zero-order valence-electron chi connectivity index (χ0n) is 9.94. The standard InChI is InChI=1S/C11H13Cl3O5/c12-9(15)4-18-6-1-2-8(19-5-10(13)16)7(3-6)11(14)17/h6-8H,1-5H2. The molecule has 0 aromatic carbocycles. The Kier molecular flexibility index (Phi) is 7.25. The van der Waals surface area contributed by atoms with E-state index in [2.05, 4.69) is 0 Å². The molecule has 0 radical (unpaired) electrons. The average Bonchev–Trinajstić information content (AvgIpc) is 2.33. The third-order valence-electron chi connectivity index (χ3n) is 2.87. The Bertz CT molecular complexity index is 360. The molecular formula is C11H13Cl3O5. The molecule has 5 nitrogen and oxygen atoms in total. The van der Waals surface area contributed by atoms with Crippen LogP contribution < -0.4 is 0 Å². The van der Waals surface area contributed by atoms with Gasteiger partial charge < -0.3 is 9.47 Å². The van der Waals surface area contributed by atoms with Crippen molar-refractivity contribution in [2.75, 3.05) is 13.2 Å². The van der Waals surface area contributed by atoms with E-state index in [4.69, 9.17) is 44.3 Å². The van der Waals surface area contributed by atoms with Gasteiger partial charge in [-0.1, -0.05) is 0 Å². The predicted molar refractivity (Wildman–Crippen MR) is 69.4 cm³/mol. The number of hydrogen-bond acceptors (Lipinski definition) is 5. The van der Waals surface area contributed by atoms with Gasteiger partial charge in [-0.2, -0.15) is 0 Å². The average molecular weight is 332 g/mol. The molecule has 8 heteroatoms. The van der Waals surface area contributed by atoms with Gasteiger partial charge in [0.05, 0.1) is 18.1 Å². The van der Waals surface area contributed by atoms with Crippen LogP contribution in [0.3, 0.4) is 0 Å². The molecule has 19 heavy (non-hydrogen) atoms. The Morgan fingerprint density at radius 3 is 2.05 bits per heavy atom. The van der Waals surface area contributed by atoms with Crippen molar-refractivity contribution in [3.05, 3.63) is 0 Å². The van der Waals surface area contributed by atoms with Crippen LogP contribution in [0.15, 0.2) is 0 Å². The van der Waals surface area contributed by atoms with Crippen molar-refractivity contribution in [3.8, 4) is 0 Å². The molecule has 1 fully saturated rings. The fraction of sp³-hybridized carbons (Fsp3) is 0.727. The van der Waals surface area contributed by atoms with Gasteiger partial charge in [-0.05, 0) is 54.1 Å². The van der Waals surface area contributed by atoms with Gasteiger partial charge in [-0.15, -0.1) is 0 Å². The lowest BCUT2D eigenvalue weighted by atomic mass is 9.85. The summed E-state index contributed by atoms with van der Waals surface area (Å²) in [7, 11) is 0. The SMILES string of the molecule is O=C(Cl)COC1CCC(OCC(=O)Cl)C(C(=O)Cl)C1. The number of rotatable bonds is 7. The molecular weight excluding hydrogens is 318 g/mol. The summed E-state index contributed by atoms with van der Waals surface area (Å²) >= 11 is 15.9. The Labute approximate surface area is 125 Å². The van der Waals surface area contributed by atoms with Gasteiger partial charge in [0.2, 0.25) is 15.7 Å². The molecule has 1 rings (SSSR count). The number of carbonyl (C=O) groups excluding carboxylic acids is 3. The molecule has 0 aromatic rings. The van der Waals surface area contributed by atoms with Crippen molar-refractivity contribution in [2.24, 2.45) is 5.92 Å². The molecule has 0 saturated heterocycles. The summed E-state index contributed by atoms with van der Waals surface area (Å²) in [5.41, 5.74) is 0. The van der Waals surface area contributed by atoms with Gasteiger partial charge in [0, 0.05) is 0 Å². The Morgan fingerprint density at radius 2 is 1.53 bits per heavy atom. The minimum Gasteiger partial charge on any atom is -0.369 e. The Morgan fingerprint density at radius 1 is 0.947 bits per heavy atom. The largest absolute Gasteiger partial charge is 0.369 e. The molecule has 0 N–H and O–H groups in total. The minimum absolute atomic E-state index is 0.207. The zero-order valence-corrected chi connectivity index (χ0v) is 12.2. The third-order valence-corrected chi connectivity index (χ3v) is 3.37. The molecule has 108 valence electrons. The minimum atomic E-state index is -0.633. The fourth-order valence-corrected chi connectivity index (χ4v) is 2.41. The number of carbonyl (C=O) groups is 3. The maximum absolute atomic E-state index is 11.4. The highest BCUT2D eigenvalue weighted by molar-refractivity contribution is 6.64. The second-order valence-electron chi connectivity index (χ2n) is 4.22. The predicted octanol–water partition coefficient (Wildman–Crippen LogP) is 1.85. The lowest BCUT2D eigenvalue weighted by Gasteiger charge is -2.33. The van der Waals surface area contributed by atoms with Gasteiger partial charge >= 0.3 is 0 Å². The molecule has 1 saturated carbocycles. The van der Waals surface area contributed by atoms with E-state index in [9.17, 15) is 14.4 Å². The first-order valence-corrected chi connectivity index (χ1v) is 6.82. The van der Waals surface area contributed by atoms with Gasteiger partial charge in [-0.3, -0.25) is 14.4 Å². The summed E-state index contributed by atoms with van der Waals surface area (Å²) in [4.78, 5) is 32.6. The van der Waals surface area contributed by atoms with Gasteiger partial charge in [0.25, 0.3) is 0 Å². The maximum Gasteiger partial charge on any atom is 0.247 e.